The van der Waals surface area contributed by atoms with Crippen LogP contribution in [0.5, 0.6) is 0 Å². The van der Waals surface area contributed by atoms with Gasteiger partial charge < -0.3 is 0 Å². The van der Waals surface area contributed by atoms with E-state index in [1.165, 1.54) is 21.9 Å². The van der Waals surface area contributed by atoms with Gasteiger partial charge in [-0.3, -0.25) is 0 Å². The molecule has 0 aliphatic heterocycles. The van der Waals surface area contributed by atoms with Crippen LogP contribution in [0, 0.1) is 0 Å². The number of benzene rings is 8. The van der Waals surface area contributed by atoms with E-state index in [4.69, 9.17) is 15.0 Å². The van der Waals surface area contributed by atoms with Gasteiger partial charge in [0.05, 0.1) is 22.6 Å². The number of pyridine rings is 1. The maximum atomic E-state index is 5.33. The molecule has 262 valence electrons. The Hall–Kier alpha value is -7.49. The lowest BCUT2D eigenvalue weighted by Crippen LogP contribution is -1.96. The van der Waals surface area contributed by atoms with Crippen LogP contribution in [0.3, 0.4) is 0 Å². The molecule has 0 aliphatic carbocycles. The number of rotatable bonds is 7. The van der Waals surface area contributed by atoms with Crippen molar-refractivity contribution in [2.45, 2.75) is 0 Å². The largest absolute Gasteiger partial charge is 0.248 e. The fraction of sp³-hybridized carbons (Fsp3) is 0. The molecule has 10 rings (SSSR count). The Bertz CT molecular complexity index is 2920. The predicted molar refractivity (Wildman–Crippen MR) is 233 cm³/mol. The molecule has 0 unspecified atom stereocenters. The Morgan fingerprint density at radius 2 is 0.714 bits per heavy atom. The SMILES string of the molecule is c1ccc(-c2cc(-c3ccccc3)nc(-c3ccc(-c4cccc(-c5cc6nc(-c7ccccc7)cc(-c7ccccc7)c6c6ccccc56)c4)cc3)n2)cc1. The molecule has 0 atom stereocenters. The summed E-state index contributed by atoms with van der Waals surface area (Å²) in [5.41, 5.74) is 14.8. The van der Waals surface area contributed by atoms with E-state index in [1.807, 2.05) is 42.5 Å². The Balaban J connectivity index is 1.07. The van der Waals surface area contributed by atoms with Crippen molar-refractivity contribution in [2.24, 2.45) is 0 Å². The highest BCUT2D eigenvalue weighted by molar-refractivity contribution is 6.18. The minimum Gasteiger partial charge on any atom is -0.248 e. The van der Waals surface area contributed by atoms with Crippen LogP contribution in [0.4, 0.5) is 0 Å². The summed E-state index contributed by atoms with van der Waals surface area (Å²) in [5, 5.41) is 3.55. The Kier molecular flexibility index (Phi) is 8.51. The van der Waals surface area contributed by atoms with Gasteiger partial charge in [-0.15, -0.1) is 0 Å². The minimum absolute atomic E-state index is 0.699. The standard InChI is InChI=1S/C53H35N3/c1-5-16-37(17-6-1)47-34-48(38-18-7-2-8-19-38)54-51-33-46(44-26-13-14-27-45(44)52(47)51)43-25-15-24-42(32-43)36-28-30-41(31-29-36)53-55-49(39-20-9-3-10-21-39)35-50(56-53)40-22-11-4-12-23-40/h1-35H. The zero-order valence-corrected chi connectivity index (χ0v) is 30.5. The minimum atomic E-state index is 0.699. The van der Waals surface area contributed by atoms with Crippen LogP contribution in [-0.2, 0) is 0 Å². The summed E-state index contributed by atoms with van der Waals surface area (Å²) >= 11 is 0. The fourth-order valence-electron chi connectivity index (χ4n) is 7.71. The van der Waals surface area contributed by atoms with Crippen LogP contribution in [0.1, 0.15) is 0 Å². The third-order valence-corrected chi connectivity index (χ3v) is 10.5. The topological polar surface area (TPSA) is 38.7 Å². The summed E-state index contributed by atoms with van der Waals surface area (Å²) < 4.78 is 0. The first-order valence-electron chi connectivity index (χ1n) is 18.9. The Morgan fingerprint density at radius 3 is 1.30 bits per heavy atom. The highest BCUT2D eigenvalue weighted by Gasteiger charge is 2.17. The van der Waals surface area contributed by atoms with Crippen LogP contribution in [0.2, 0.25) is 0 Å². The lowest BCUT2D eigenvalue weighted by Gasteiger charge is -2.16. The average Bonchev–Trinajstić information content (AvgIpc) is 3.29. The van der Waals surface area contributed by atoms with Crippen LogP contribution in [0.15, 0.2) is 212 Å². The summed E-state index contributed by atoms with van der Waals surface area (Å²) in [7, 11) is 0. The molecule has 0 amide bonds. The summed E-state index contributed by atoms with van der Waals surface area (Å²) in [6.45, 7) is 0. The smallest absolute Gasteiger partial charge is 0.160 e. The number of aromatic nitrogens is 3. The molecule has 0 spiro atoms. The van der Waals surface area contributed by atoms with Gasteiger partial charge in [0.2, 0.25) is 0 Å². The second kappa shape index (κ2) is 14.4. The number of hydrogen-bond acceptors (Lipinski definition) is 3. The van der Waals surface area contributed by atoms with Crippen molar-refractivity contribution in [3.63, 3.8) is 0 Å². The number of nitrogens with zero attached hydrogens (tertiary/aromatic N) is 3. The molecule has 2 aromatic heterocycles. The third kappa shape index (κ3) is 6.31. The molecule has 0 bridgehead atoms. The van der Waals surface area contributed by atoms with Gasteiger partial charge in [-0.25, -0.2) is 15.0 Å². The van der Waals surface area contributed by atoms with E-state index in [0.717, 1.165) is 72.5 Å². The zero-order chi connectivity index (χ0) is 37.3. The normalized spacial score (nSPS) is 11.2. The maximum absolute atomic E-state index is 5.33. The summed E-state index contributed by atoms with van der Waals surface area (Å²) in [4.78, 5) is 15.4. The van der Waals surface area contributed by atoms with Crippen LogP contribution in [-0.4, -0.2) is 15.0 Å². The Morgan fingerprint density at radius 1 is 0.250 bits per heavy atom. The van der Waals surface area contributed by atoms with Gasteiger partial charge >= 0.3 is 0 Å². The van der Waals surface area contributed by atoms with Crippen molar-refractivity contribution < 1.29 is 0 Å². The molecule has 0 saturated carbocycles. The molecule has 3 nitrogen and oxygen atoms in total. The molecule has 0 aliphatic rings. The first kappa shape index (κ1) is 33.1. The molecule has 2 heterocycles. The van der Waals surface area contributed by atoms with Crippen molar-refractivity contribution in [3.05, 3.63) is 212 Å². The quantitative estimate of drug-likeness (QED) is 0.154. The van der Waals surface area contributed by atoms with Gasteiger partial charge in [-0.2, -0.15) is 0 Å². The molecule has 0 N–H and O–H groups in total. The zero-order valence-electron chi connectivity index (χ0n) is 30.5. The molecular formula is C53H35N3. The van der Waals surface area contributed by atoms with Gasteiger partial charge in [-0.1, -0.05) is 188 Å². The van der Waals surface area contributed by atoms with E-state index < -0.39 is 0 Å². The average molecular weight is 714 g/mol. The van der Waals surface area contributed by atoms with E-state index in [2.05, 4.69) is 170 Å². The molecule has 3 heteroatoms. The second-order valence-electron chi connectivity index (χ2n) is 14.0. The van der Waals surface area contributed by atoms with E-state index in [0.29, 0.717) is 5.82 Å². The summed E-state index contributed by atoms with van der Waals surface area (Å²) in [6, 6.07) is 74.5. The van der Waals surface area contributed by atoms with Gasteiger partial charge in [-0.05, 0) is 68.4 Å². The first-order chi connectivity index (χ1) is 27.7. The van der Waals surface area contributed by atoms with Gasteiger partial charge in [0.15, 0.2) is 5.82 Å². The summed E-state index contributed by atoms with van der Waals surface area (Å²) in [6.07, 6.45) is 0. The second-order valence-corrected chi connectivity index (χ2v) is 14.0. The maximum Gasteiger partial charge on any atom is 0.160 e. The van der Waals surface area contributed by atoms with Crippen LogP contribution in [0.25, 0.3) is 100 Å². The molecule has 8 aromatic carbocycles. The number of hydrogen-bond donors (Lipinski definition) is 0. The van der Waals surface area contributed by atoms with Gasteiger partial charge in [0.25, 0.3) is 0 Å². The van der Waals surface area contributed by atoms with Gasteiger partial charge in [0, 0.05) is 27.6 Å². The first-order valence-corrected chi connectivity index (χ1v) is 18.9. The van der Waals surface area contributed by atoms with E-state index in [1.54, 1.807) is 0 Å². The highest BCUT2D eigenvalue weighted by atomic mass is 14.9. The van der Waals surface area contributed by atoms with Crippen LogP contribution >= 0.6 is 0 Å². The number of fused-ring (bicyclic) bond motifs is 3. The van der Waals surface area contributed by atoms with E-state index >= 15 is 0 Å². The van der Waals surface area contributed by atoms with Crippen molar-refractivity contribution in [3.8, 4) is 78.5 Å². The molecule has 0 fully saturated rings. The molecule has 56 heavy (non-hydrogen) atoms. The Labute approximate surface area is 326 Å². The highest BCUT2D eigenvalue weighted by Crippen LogP contribution is 2.41. The van der Waals surface area contributed by atoms with E-state index in [9.17, 15) is 0 Å². The van der Waals surface area contributed by atoms with Crippen LogP contribution < -0.4 is 0 Å². The predicted octanol–water partition coefficient (Wildman–Crippen LogP) is 13.8. The van der Waals surface area contributed by atoms with Crippen molar-refractivity contribution >= 4 is 21.7 Å². The lowest BCUT2D eigenvalue weighted by atomic mass is 9.89. The molecule has 0 saturated heterocycles. The molecule has 0 radical (unpaired) electrons. The molecular weight excluding hydrogens is 679 g/mol. The fourth-order valence-corrected chi connectivity index (χ4v) is 7.71. The molecule has 10 aromatic rings. The van der Waals surface area contributed by atoms with Gasteiger partial charge in [0.1, 0.15) is 0 Å². The van der Waals surface area contributed by atoms with Crippen molar-refractivity contribution in [2.75, 3.05) is 0 Å². The summed E-state index contributed by atoms with van der Waals surface area (Å²) in [5.74, 6) is 0.699. The monoisotopic (exact) mass is 713 g/mol. The van der Waals surface area contributed by atoms with E-state index in [-0.39, 0.29) is 0 Å². The third-order valence-electron chi connectivity index (χ3n) is 10.5. The van der Waals surface area contributed by atoms with Crippen molar-refractivity contribution in [1.29, 1.82) is 0 Å². The van der Waals surface area contributed by atoms with Crippen molar-refractivity contribution in [1.82, 2.24) is 15.0 Å². The lowest BCUT2D eigenvalue weighted by molar-refractivity contribution is 1.18.